The van der Waals surface area contributed by atoms with E-state index in [2.05, 4.69) is 21.0 Å². The van der Waals surface area contributed by atoms with Crippen LogP contribution in [0.15, 0.2) is 62.9 Å². The van der Waals surface area contributed by atoms with Crippen molar-refractivity contribution in [2.75, 3.05) is 7.05 Å². The van der Waals surface area contributed by atoms with Crippen LogP contribution in [0.1, 0.15) is 26.5 Å². The predicted molar refractivity (Wildman–Crippen MR) is 119 cm³/mol. The molecule has 31 heavy (non-hydrogen) atoms. The first-order chi connectivity index (χ1) is 14.5. The SMILES string of the molecule is CN(Cc1cc(Sc2cccc(Br)c2)n(-c2cc(F)ccc2F)n1)C(=O)OC(C)(C)C. The number of carbonyl (C=O) groups is 1. The van der Waals surface area contributed by atoms with Gasteiger partial charge in [-0.15, -0.1) is 0 Å². The van der Waals surface area contributed by atoms with Crippen molar-refractivity contribution in [3.63, 3.8) is 0 Å². The minimum atomic E-state index is -0.628. The molecule has 1 amide bonds. The summed E-state index contributed by atoms with van der Waals surface area (Å²) in [5.74, 6) is -1.18. The zero-order valence-corrected chi connectivity index (χ0v) is 19.9. The van der Waals surface area contributed by atoms with Gasteiger partial charge in [-0.1, -0.05) is 33.8 Å². The monoisotopic (exact) mass is 509 g/mol. The molecule has 9 heteroatoms. The van der Waals surface area contributed by atoms with Gasteiger partial charge >= 0.3 is 6.09 Å². The molecular formula is C22H22BrF2N3O2S. The van der Waals surface area contributed by atoms with E-state index in [-0.39, 0.29) is 12.2 Å². The molecule has 1 aromatic heterocycles. The maximum atomic E-state index is 14.5. The van der Waals surface area contributed by atoms with Crippen molar-refractivity contribution in [1.82, 2.24) is 14.7 Å². The summed E-state index contributed by atoms with van der Waals surface area (Å²) in [6, 6.07) is 12.6. The molecule has 0 atom stereocenters. The number of nitrogens with zero attached hydrogens (tertiary/aromatic N) is 3. The minimum absolute atomic E-state index is 0.0105. The highest BCUT2D eigenvalue weighted by atomic mass is 79.9. The molecule has 3 aromatic rings. The number of carbonyl (C=O) groups excluding carboxylic acids is 1. The lowest BCUT2D eigenvalue weighted by atomic mass is 10.2. The number of hydrogen-bond acceptors (Lipinski definition) is 4. The van der Waals surface area contributed by atoms with Gasteiger partial charge in [0.25, 0.3) is 0 Å². The van der Waals surface area contributed by atoms with Crippen molar-refractivity contribution in [1.29, 1.82) is 0 Å². The van der Waals surface area contributed by atoms with E-state index in [1.165, 1.54) is 21.3 Å². The Labute approximate surface area is 192 Å². The fourth-order valence-corrected chi connectivity index (χ4v) is 4.22. The topological polar surface area (TPSA) is 47.4 Å². The van der Waals surface area contributed by atoms with E-state index in [0.29, 0.717) is 10.7 Å². The average molecular weight is 510 g/mol. The number of benzene rings is 2. The fraction of sp³-hybridized carbons (Fsp3) is 0.273. The molecular weight excluding hydrogens is 488 g/mol. The highest BCUT2D eigenvalue weighted by Gasteiger charge is 2.22. The summed E-state index contributed by atoms with van der Waals surface area (Å²) in [5.41, 5.74) is -0.130. The van der Waals surface area contributed by atoms with Crippen LogP contribution in [0.2, 0.25) is 0 Å². The number of rotatable bonds is 5. The summed E-state index contributed by atoms with van der Waals surface area (Å²) >= 11 is 4.79. The first-order valence-electron chi connectivity index (χ1n) is 9.44. The molecule has 0 aliphatic rings. The lowest BCUT2D eigenvalue weighted by Crippen LogP contribution is -2.33. The molecule has 164 valence electrons. The Balaban J connectivity index is 1.95. The van der Waals surface area contributed by atoms with Crippen LogP contribution in [0, 0.1) is 11.6 Å². The quantitative estimate of drug-likeness (QED) is 0.397. The summed E-state index contributed by atoms with van der Waals surface area (Å²) < 4.78 is 35.9. The number of aromatic nitrogens is 2. The van der Waals surface area contributed by atoms with Crippen LogP contribution in [-0.2, 0) is 11.3 Å². The van der Waals surface area contributed by atoms with E-state index in [0.717, 1.165) is 27.6 Å². The number of amides is 1. The van der Waals surface area contributed by atoms with E-state index in [4.69, 9.17) is 4.74 Å². The molecule has 0 unspecified atom stereocenters. The third-order valence-corrected chi connectivity index (χ3v) is 5.47. The third kappa shape index (κ3) is 6.30. The molecule has 1 heterocycles. The molecule has 0 aliphatic carbocycles. The van der Waals surface area contributed by atoms with Crippen molar-refractivity contribution in [2.24, 2.45) is 0 Å². The van der Waals surface area contributed by atoms with Gasteiger partial charge in [0, 0.05) is 22.5 Å². The number of halogens is 3. The molecule has 3 rings (SSSR count). The van der Waals surface area contributed by atoms with Gasteiger partial charge in [-0.2, -0.15) is 5.10 Å². The van der Waals surface area contributed by atoms with Crippen molar-refractivity contribution in [2.45, 2.75) is 42.8 Å². The molecule has 0 fully saturated rings. The van der Waals surface area contributed by atoms with Crippen molar-refractivity contribution >= 4 is 33.8 Å². The molecule has 0 radical (unpaired) electrons. The Kier molecular flexibility index (Phi) is 7.06. The highest BCUT2D eigenvalue weighted by molar-refractivity contribution is 9.10. The zero-order chi connectivity index (χ0) is 22.8. The normalized spacial score (nSPS) is 11.5. The van der Waals surface area contributed by atoms with Gasteiger partial charge in [0.2, 0.25) is 0 Å². The van der Waals surface area contributed by atoms with E-state index >= 15 is 0 Å². The third-order valence-electron chi connectivity index (χ3n) is 3.99. The van der Waals surface area contributed by atoms with Crippen LogP contribution in [0.3, 0.4) is 0 Å². The van der Waals surface area contributed by atoms with Gasteiger partial charge in [-0.05, 0) is 57.2 Å². The van der Waals surface area contributed by atoms with E-state index < -0.39 is 23.3 Å². The molecule has 0 saturated heterocycles. The van der Waals surface area contributed by atoms with Crippen LogP contribution in [0.25, 0.3) is 5.69 Å². The first-order valence-corrected chi connectivity index (χ1v) is 11.0. The Morgan fingerprint density at radius 3 is 2.61 bits per heavy atom. The first kappa shape index (κ1) is 23.3. The Morgan fingerprint density at radius 1 is 1.19 bits per heavy atom. The van der Waals surface area contributed by atoms with Crippen LogP contribution in [0.5, 0.6) is 0 Å². The zero-order valence-electron chi connectivity index (χ0n) is 17.5. The van der Waals surface area contributed by atoms with Gasteiger partial charge in [-0.25, -0.2) is 18.3 Å². The lowest BCUT2D eigenvalue weighted by molar-refractivity contribution is 0.0283. The van der Waals surface area contributed by atoms with Crippen LogP contribution in [0.4, 0.5) is 13.6 Å². The maximum Gasteiger partial charge on any atom is 0.410 e. The molecule has 0 bridgehead atoms. The van der Waals surface area contributed by atoms with E-state index in [9.17, 15) is 13.6 Å². The maximum absolute atomic E-state index is 14.5. The highest BCUT2D eigenvalue weighted by Crippen LogP contribution is 2.32. The van der Waals surface area contributed by atoms with Gasteiger partial charge in [0.05, 0.1) is 12.2 Å². The van der Waals surface area contributed by atoms with Gasteiger partial charge < -0.3 is 9.64 Å². The number of ether oxygens (including phenoxy) is 1. The smallest absolute Gasteiger partial charge is 0.410 e. The molecule has 5 nitrogen and oxygen atoms in total. The van der Waals surface area contributed by atoms with Crippen LogP contribution in [-0.4, -0.2) is 33.4 Å². The Morgan fingerprint density at radius 2 is 1.94 bits per heavy atom. The molecule has 0 saturated carbocycles. The van der Waals surface area contributed by atoms with Gasteiger partial charge in [0.1, 0.15) is 27.9 Å². The fourth-order valence-electron chi connectivity index (χ4n) is 2.68. The number of hydrogen-bond donors (Lipinski definition) is 0. The molecule has 0 aliphatic heterocycles. The Bertz CT molecular complexity index is 1100. The van der Waals surface area contributed by atoms with E-state index in [1.54, 1.807) is 33.9 Å². The van der Waals surface area contributed by atoms with E-state index in [1.807, 2.05) is 24.3 Å². The predicted octanol–water partition coefficient (Wildman–Crippen LogP) is 6.43. The largest absolute Gasteiger partial charge is 0.444 e. The summed E-state index contributed by atoms with van der Waals surface area (Å²) in [4.78, 5) is 14.6. The second kappa shape index (κ2) is 9.40. The molecule has 2 aromatic carbocycles. The van der Waals surface area contributed by atoms with Crippen molar-refractivity contribution < 1.29 is 18.3 Å². The second-order valence-electron chi connectivity index (χ2n) is 7.88. The second-order valence-corrected chi connectivity index (χ2v) is 9.89. The van der Waals surface area contributed by atoms with Crippen LogP contribution < -0.4 is 0 Å². The Hall–Kier alpha value is -2.39. The van der Waals surface area contributed by atoms with Crippen LogP contribution >= 0.6 is 27.7 Å². The van der Waals surface area contributed by atoms with Gasteiger partial charge in [0.15, 0.2) is 0 Å². The van der Waals surface area contributed by atoms with Gasteiger partial charge in [-0.3, -0.25) is 0 Å². The molecule has 0 spiro atoms. The minimum Gasteiger partial charge on any atom is -0.444 e. The summed E-state index contributed by atoms with van der Waals surface area (Å²) in [6.07, 6.45) is -0.500. The summed E-state index contributed by atoms with van der Waals surface area (Å²) in [5, 5.41) is 5.03. The lowest BCUT2D eigenvalue weighted by Gasteiger charge is -2.24. The summed E-state index contributed by atoms with van der Waals surface area (Å²) in [7, 11) is 1.59. The van der Waals surface area contributed by atoms with Crippen molar-refractivity contribution in [3.05, 3.63) is 70.3 Å². The van der Waals surface area contributed by atoms with Crippen molar-refractivity contribution in [3.8, 4) is 5.69 Å². The summed E-state index contributed by atoms with van der Waals surface area (Å²) in [6.45, 7) is 5.50. The standard InChI is InChI=1S/C22H22BrF2N3O2S/c1-22(2,3)30-21(29)27(4)13-16-12-20(31-17-7-5-6-14(23)10-17)28(26-16)19-11-15(24)8-9-18(19)25/h5-12H,13H2,1-4H3. The molecule has 0 N–H and O–H groups in total. The average Bonchev–Trinajstić information content (AvgIpc) is 3.04.